The van der Waals surface area contributed by atoms with Crippen molar-refractivity contribution in [1.29, 1.82) is 0 Å². The van der Waals surface area contributed by atoms with Gasteiger partial charge in [0.1, 0.15) is 5.82 Å². The van der Waals surface area contributed by atoms with E-state index in [0.717, 1.165) is 25.0 Å². The third kappa shape index (κ3) is 2.76. The summed E-state index contributed by atoms with van der Waals surface area (Å²) in [5.41, 5.74) is -0.867. The SMILES string of the molecule is O=C([O-])c1cc2ccc(C(F)(F)F)cc2nc1NC1CC1. The molecule has 1 aromatic heterocycles. The molecule has 0 atom stereocenters. The van der Waals surface area contributed by atoms with Crippen molar-refractivity contribution in [3.05, 3.63) is 35.4 Å². The Hall–Kier alpha value is -2.31. The number of aromatic carboxylic acids is 1. The molecule has 0 saturated heterocycles. The van der Waals surface area contributed by atoms with Crippen LogP contribution in [0.3, 0.4) is 0 Å². The minimum atomic E-state index is -4.47. The summed E-state index contributed by atoms with van der Waals surface area (Å²) >= 11 is 0. The summed E-state index contributed by atoms with van der Waals surface area (Å²) in [6.07, 6.45) is -2.70. The standard InChI is InChI=1S/C14H11F3N2O2/c15-14(16,17)8-2-1-7-5-10(13(20)21)12(18-9-3-4-9)19-11(7)6-8/h1-2,5-6,9H,3-4H2,(H,18,19)(H,20,21)/p-1. The summed E-state index contributed by atoms with van der Waals surface area (Å²) in [6.45, 7) is 0. The zero-order valence-electron chi connectivity index (χ0n) is 10.7. The molecule has 1 fully saturated rings. The van der Waals surface area contributed by atoms with Gasteiger partial charge in [-0.15, -0.1) is 0 Å². The Labute approximate surface area is 117 Å². The predicted octanol–water partition coefficient (Wildman–Crippen LogP) is 2.19. The maximum atomic E-state index is 12.7. The number of pyridine rings is 1. The van der Waals surface area contributed by atoms with Crippen LogP contribution in [-0.2, 0) is 6.18 Å². The fraction of sp³-hybridized carbons (Fsp3) is 0.286. The number of hydrogen-bond acceptors (Lipinski definition) is 4. The van der Waals surface area contributed by atoms with Gasteiger partial charge in [-0.05, 0) is 31.0 Å². The molecular weight excluding hydrogens is 285 g/mol. The zero-order valence-corrected chi connectivity index (χ0v) is 10.7. The number of nitrogens with zero attached hydrogens (tertiary/aromatic N) is 1. The quantitative estimate of drug-likeness (QED) is 0.942. The minimum absolute atomic E-state index is 0.0596. The Morgan fingerprint density at radius 3 is 2.57 bits per heavy atom. The number of fused-ring (bicyclic) bond motifs is 1. The highest BCUT2D eigenvalue weighted by atomic mass is 19.4. The largest absolute Gasteiger partial charge is 0.545 e. The van der Waals surface area contributed by atoms with Crippen molar-refractivity contribution >= 4 is 22.7 Å². The van der Waals surface area contributed by atoms with Gasteiger partial charge in [0.05, 0.1) is 17.0 Å². The Morgan fingerprint density at radius 1 is 1.29 bits per heavy atom. The Bertz CT molecular complexity index is 724. The number of anilines is 1. The number of rotatable bonds is 3. The van der Waals surface area contributed by atoms with Gasteiger partial charge in [-0.25, -0.2) is 4.98 Å². The predicted molar refractivity (Wildman–Crippen MR) is 67.7 cm³/mol. The van der Waals surface area contributed by atoms with Gasteiger partial charge in [0.15, 0.2) is 0 Å². The number of carboxylic acid groups (broad SMARTS) is 1. The van der Waals surface area contributed by atoms with E-state index < -0.39 is 17.7 Å². The van der Waals surface area contributed by atoms with Crippen molar-refractivity contribution < 1.29 is 23.1 Å². The van der Waals surface area contributed by atoms with Gasteiger partial charge in [0.2, 0.25) is 0 Å². The van der Waals surface area contributed by atoms with Gasteiger partial charge in [0, 0.05) is 17.0 Å². The van der Waals surface area contributed by atoms with Crippen LogP contribution in [0.5, 0.6) is 0 Å². The molecule has 0 aliphatic heterocycles. The molecule has 0 radical (unpaired) electrons. The third-order valence-corrected chi connectivity index (χ3v) is 3.28. The van der Waals surface area contributed by atoms with Crippen LogP contribution < -0.4 is 10.4 Å². The maximum absolute atomic E-state index is 12.7. The number of carbonyl (C=O) groups is 1. The highest BCUT2D eigenvalue weighted by Gasteiger charge is 2.31. The van der Waals surface area contributed by atoms with Crippen LogP contribution in [0.2, 0.25) is 0 Å². The molecule has 110 valence electrons. The lowest BCUT2D eigenvalue weighted by Crippen LogP contribution is -2.24. The Balaban J connectivity index is 2.13. The third-order valence-electron chi connectivity index (χ3n) is 3.28. The first-order chi connectivity index (χ1) is 9.84. The van der Waals surface area contributed by atoms with Gasteiger partial charge in [0.25, 0.3) is 0 Å². The van der Waals surface area contributed by atoms with Crippen LogP contribution in [0, 0.1) is 0 Å². The van der Waals surface area contributed by atoms with Gasteiger partial charge in [-0.2, -0.15) is 13.2 Å². The lowest BCUT2D eigenvalue weighted by atomic mass is 10.1. The number of benzene rings is 1. The molecule has 4 nitrogen and oxygen atoms in total. The first-order valence-corrected chi connectivity index (χ1v) is 6.34. The van der Waals surface area contributed by atoms with Crippen LogP contribution in [0.25, 0.3) is 10.9 Å². The Morgan fingerprint density at radius 2 is 2.00 bits per heavy atom. The number of hydrogen-bond donors (Lipinski definition) is 1. The van der Waals surface area contributed by atoms with Gasteiger partial charge >= 0.3 is 6.18 Å². The van der Waals surface area contributed by atoms with Gasteiger partial charge in [-0.3, -0.25) is 0 Å². The molecule has 1 aliphatic carbocycles. The lowest BCUT2D eigenvalue weighted by Gasteiger charge is -2.14. The van der Waals surface area contributed by atoms with E-state index in [4.69, 9.17) is 0 Å². The normalized spacial score (nSPS) is 15.2. The van der Waals surface area contributed by atoms with Crippen molar-refractivity contribution in [2.45, 2.75) is 25.1 Å². The molecule has 1 N–H and O–H groups in total. The molecule has 1 aliphatic rings. The molecule has 7 heteroatoms. The topological polar surface area (TPSA) is 65.0 Å². The summed E-state index contributed by atoms with van der Waals surface area (Å²) in [5.74, 6) is -1.35. The maximum Gasteiger partial charge on any atom is 0.416 e. The summed E-state index contributed by atoms with van der Waals surface area (Å²) < 4.78 is 38.1. The van der Waals surface area contributed by atoms with E-state index in [9.17, 15) is 23.1 Å². The molecule has 1 saturated carbocycles. The van der Waals surface area contributed by atoms with Gasteiger partial charge < -0.3 is 15.2 Å². The second-order valence-electron chi connectivity index (χ2n) is 5.00. The fourth-order valence-corrected chi connectivity index (χ4v) is 2.03. The molecule has 2 aromatic rings. The Kier molecular flexibility index (Phi) is 3.00. The summed E-state index contributed by atoms with van der Waals surface area (Å²) in [5, 5.41) is 14.3. The van der Waals surface area contributed by atoms with Crippen molar-refractivity contribution in [2.75, 3.05) is 5.32 Å². The first-order valence-electron chi connectivity index (χ1n) is 6.34. The molecule has 0 spiro atoms. The number of carboxylic acids is 1. The van der Waals surface area contributed by atoms with E-state index in [0.29, 0.717) is 5.39 Å². The molecule has 0 amide bonds. The smallest absolute Gasteiger partial charge is 0.416 e. The van der Waals surface area contributed by atoms with Crippen LogP contribution >= 0.6 is 0 Å². The van der Waals surface area contributed by atoms with Crippen molar-refractivity contribution in [1.82, 2.24) is 4.98 Å². The van der Waals surface area contributed by atoms with Crippen molar-refractivity contribution in [3.8, 4) is 0 Å². The fourth-order valence-electron chi connectivity index (χ4n) is 2.03. The number of carbonyl (C=O) groups excluding carboxylic acids is 1. The molecule has 0 bridgehead atoms. The summed E-state index contributed by atoms with van der Waals surface area (Å²) in [6, 6.07) is 4.42. The second-order valence-corrected chi connectivity index (χ2v) is 5.00. The number of alkyl halides is 3. The zero-order chi connectivity index (χ0) is 15.2. The minimum Gasteiger partial charge on any atom is -0.545 e. The molecule has 3 rings (SSSR count). The van der Waals surface area contributed by atoms with Crippen molar-refractivity contribution in [2.24, 2.45) is 0 Å². The highest BCUT2D eigenvalue weighted by molar-refractivity contribution is 5.97. The second kappa shape index (κ2) is 4.61. The number of aromatic nitrogens is 1. The average molecular weight is 295 g/mol. The molecular formula is C14H10F3N2O2-. The van der Waals surface area contributed by atoms with E-state index in [1.807, 2.05) is 0 Å². The van der Waals surface area contributed by atoms with Crippen molar-refractivity contribution in [3.63, 3.8) is 0 Å². The molecule has 21 heavy (non-hydrogen) atoms. The number of halogens is 3. The van der Waals surface area contributed by atoms with Crippen LogP contribution in [0.15, 0.2) is 24.3 Å². The lowest BCUT2D eigenvalue weighted by molar-refractivity contribution is -0.254. The average Bonchev–Trinajstić information content (AvgIpc) is 3.20. The van der Waals surface area contributed by atoms with E-state index in [2.05, 4.69) is 10.3 Å². The van der Waals surface area contributed by atoms with Gasteiger partial charge in [-0.1, -0.05) is 6.07 Å². The molecule has 1 aromatic carbocycles. The molecule has 0 unspecified atom stereocenters. The highest BCUT2D eigenvalue weighted by Crippen LogP contribution is 2.32. The summed E-state index contributed by atoms with van der Waals surface area (Å²) in [4.78, 5) is 15.1. The number of nitrogens with one attached hydrogen (secondary N) is 1. The van der Waals surface area contributed by atoms with E-state index in [-0.39, 0.29) is 22.9 Å². The van der Waals surface area contributed by atoms with E-state index in [1.165, 1.54) is 12.1 Å². The van der Waals surface area contributed by atoms with Crippen LogP contribution in [-0.4, -0.2) is 17.0 Å². The van der Waals surface area contributed by atoms with E-state index >= 15 is 0 Å². The van der Waals surface area contributed by atoms with E-state index in [1.54, 1.807) is 0 Å². The first kappa shape index (κ1) is 13.7. The van der Waals surface area contributed by atoms with Crippen LogP contribution in [0.1, 0.15) is 28.8 Å². The molecule has 1 heterocycles. The summed E-state index contributed by atoms with van der Waals surface area (Å²) in [7, 11) is 0. The monoisotopic (exact) mass is 295 g/mol. The van der Waals surface area contributed by atoms with Crippen LogP contribution in [0.4, 0.5) is 19.0 Å².